The van der Waals surface area contributed by atoms with Gasteiger partial charge in [0.1, 0.15) is 5.60 Å². The van der Waals surface area contributed by atoms with Crippen LogP contribution in [-0.2, 0) is 25.7 Å². The van der Waals surface area contributed by atoms with E-state index in [0.29, 0.717) is 13.0 Å². The van der Waals surface area contributed by atoms with Gasteiger partial charge >= 0.3 is 5.97 Å². The Hall–Kier alpha value is -2.37. The van der Waals surface area contributed by atoms with Gasteiger partial charge in [0.05, 0.1) is 12.3 Å². The lowest BCUT2D eigenvalue weighted by Crippen LogP contribution is -2.42. The van der Waals surface area contributed by atoms with Crippen molar-refractivity contribution >= 4 is 23.5 Å². The fourth-order valence-electron chi connectivity index (χ4n) is 4.48. The molecule has 6 heteroatoms. The van der Waals surface area contributed by atoms with Gasteiger partial charge in [0.2, 0.25) is 11.8 Å². The van der Waals surface area contributed by atoms with Crippen LogP contribution in [0.1, 0.15) is 50.5 Å². The van der Waals surface area contributed by atoms with Crippen molar-refractivity contribution in [1.29, 1.82) is 0 Å². The largest absolute Gasteiger partial charge is 0.458 e. The number of hydrogen-bond donors (Lipinski definition) is 1. The third-order valence-electron chi connectivity index (χ3n) is 5.88. The molecule has 2 aliphatic heterocycles. The summed E-state index contributed by atoms with van der Waals surface area (Å²) in [5, 5.41) is 2.96. The van der Waals surface area contributed by atoms with Gasteiger partial charge in [0, 0.05) is 25.2 Å². The molecule has 4 rings (SSSR count). The number of rotatable bonds is 4. The van der Waals surface area contributed by atoms with E-state index in [1.807, 2.05) is 24.3 Å². The highest BCUT2D eigenvalue weighted by molar-refractivity contribution is 5.95. The van der Waals surface area contributed by atoms with Crippen molar-refractivity contribution in [2.45, 2.75) is 57.1 Å². The van der Waals surface area contributed by atoms with E-state index >= 15 is 0 Å². The fourth-order valence-corrected chi connectivity index (χ4v) is 4.48. The van der Waals surface area contributed by atoms with Crippen molar-refractivity contribution in [2.24, 2.45) is 5.92 Å². The Balaban J connectivity index is 1.37. The predicted octanol–water partition coefficient (Wildman–Crippen LogP) is 2.31. The van der Waals surface area contributed by atoms with Gasteiger partial charge in [-0.15, -0.1) is 0 Å². The Kier molecular flexibility index (Phi) is 4.42. The molecule has 0 bridgehead atoms. The van der Waals surface area contributed by atoms with Crippen molar-refractivity contribution in [1.82, 2.24) is 5.32 Å². The van der Waals surface area contributed by atoms with Crippen LogP contribution < -0.4 is 10.2 Å². The minimum absolute atomic E-state index is 0.100. The lowest BCUT2D eigenvalue weighted by molar-refractivity contribution is -0.150. The predicted molar refractivity (Wildman–Crippen MR) is 95.3 cm³/mol. The van der Waals surface area contributed by atoms with E-state index in [2.05, 4.69) is 5.32 Å². The molecule has 1 N–H and O–H groups in total. The first-order valence-electron chi connectivity index (χ1n) is 9.46. The molecule has 6 nitrogen and oxygen atoms in total. The summed E-state index contributed by atoms with van der Waals surface area (Å²) in [5.41, 5.74) is 1.31. The van der Waals surface area contributed by atoms with Crippen LogP contribution in [0.3, 0.4) is 0 Å². The minimum atomic E-state index is -0.568. The maximum atomic E-state index is 12.6. The van der Waals surface area contributed by atoms with Crippen LogP contribution in [0.4, 0.5) is 5.69 Å². The van der Waals surface area contributed by atoms with E-state index in [0.717, 1.165) is 49.9 Å². The second-order valence-corrected chi connectivity index (χ2v) is 7.54. The second kappa shape index (κ2) is 6.74. The Labute approximate surface area is 152 Å². The summed E-state index contributed by atoms with van der Waals surface area (Å²) < 4.78 is 5.54. The van der Waals surface area contributed by atoms with E-state index in [1.54, 1.807) is 4.90 Å². The van der Waals surface area contributed by atoms with Crippen molar-refractivity contribution in [3.05, 3.63) is 29.8 Å². The van der Waals surface area contributed by atoms with E-state index in [9.17, 15) is 14.4 Å². The molecule has 0 radical (unpaired) electrons. The minimum Gasteiger partial charge on any atom is -0.458 e. The monoisotopic (exact) mass is 356 g/mol. The van der Waals surface area contributed by atoms with E-state index in [4.69, 9.17) is 4.74 Å². The summed E-state index contributed by atoms with van der Waals surface area (Å²) in [6, 6.07) is 7.71. The quantitative estimate of drug-likeness (QED) is 0.840. The standard InChI is InChI=1S/C20H24N2O4/c23-17-4-3-11-22(17)15-7-5-14(6-8-15)13-21-19(25)16-12-18(24)26-20(16)9-1-2-10-20/h5-8,16H,1-4,9-13H2,(H,21,25). The van der Waals surface area contributed by atoms with Crippen molar-refractivity contribution in [3.63, 3.8) is 0 Å². The van der Waals surface area contributed by atoms with Gasteiger partial charge in [-0.1, -0.05) is 12.1 Å². The lowest BCUT2D eigenvalue weighted by atomic mass is 9.85. The molecule has 1 aliphatic carbocycles. The number of nitrogens with zero attached hydrogens (tertiary/aromatic N) is 1. The summed E-state index contributed by atoms with van der Waals surface area (Å²) in [6.45, 7) is 1.18. The molecule has 3 fully saturated rings. The lowest BCUT2D eigenvalue weighted by Gasteiger charge is -2.27. The molecule has 26 heavy (non-hydrogen) atoms. The summed E-state index contributed by atoms with van der Waals surface area (Å²) in [4.78, 5) is 38.0. The van der Waals surface area contributed by atoms with Gasteiger partial charge in [-0.3, -0.25) is 14.4 Å². The molecular formula is C20H24N2O4. The highest BCUT2D eigenvalue weighted by atomic mass is 16.6. The van der Waals surface area contributed by atoms with Gasteiger partial charge in [-0.05, 0) is 49.8 Å². The van der Waals surface area contributed by atoms with E-state index in [-0.39, 0.29) is 30.1 Å². The summed E-state index contributed by atoms with van der Waals surface area (Å²) in [5.74, 6) is -0.568. The maximum absolute atomic E-state index is 12.6. The Bertz CT molecular complexity index is 722. The number of nitrogens with one attached hydrogen (secondary N) is 1. The van der Waals surface area contributed by atoms with Crippen molar-refractivity contribution in [3.8, 4) is 0 Å². The van der Waals surface area contributed by atoms with Gasteiger partial charge in [0.15, 0.2) is 0 Å². The van der Waals surface area contributed by atoms with E-state index < -0.39 is 5.60 Å². The van der Waals surface area contributed by atoms with Crippen LogP contribution in [0, 0.1) is 5.92 Å². The average molecular weight is 356 g/mol. The van der Waals surface area contributed by atoms with Gasteiger partial charge in [-0.25, -0.2) is 0 Å². The number of carbonyl (C=O) groups is 3. The normalized spacial score (nSPS) is 24.3. The number of carbonyl (C=O) groups excluding carboxylic acids is 3. The smallest absolute Gasteiger partial charge is 0.307 e. The topological polar surface area (TPSA) is 75.7 Å². The zero-order valence-corrected chi connectivity index (χ0v) is 14.8. The van der Waals surface area contributed by atoms with Crippen LogP contribution in [0.2, 0.25) is 0 Å². The summed E-state index contributed by atoms with van der Waals surface area (Å²) in [7, 11) is 0. The molecule has 2 heterocycles. The third-order valence-corrected chi connectivity index (χ3v) is 5.88. The van der Waals surface area contributed by atoms with Gasteiger partial charge < -0.3 is 15.0 Å². The number of hydrogen-bond acceptors (Lipinski definition) is 4. The third kappa shape index (κ3) is 3.08. The van der Waals surface area contributed by atoms with Gasteiger partial charge in [-0.2, -0.15) is 0 Å². The molecule has 1 aromatic rings. The SMILES string of the molecule is O=C1CC(C(=O)NCc2ccc(N3CCCC3=O)cc2)C2(CCCC2)O1. The van der Waals surface area contributed by atoms with Crippen LogP contribution in [0.5, 0.6) is 0 Å². The first-order chi connectivity index (χ1) is 12.6. The first kappa shape index (κ1) is 17.1. The van der Waals surface area contributed by atoms with Crippen LogP contribution in [0.25, 0.3) is 0 Å². The number of anilines is 1. The summed E-state index contributed by atoms with van der Waals surface area (Å²) in [6.07, 6.45) is 5.29. The number of benzene rings is 1. The highest BCUT2D eigenvalue weighted by Crippen LogP contribution is 2.45. The number of ether oxygens (including phenoxy) is 1. The molecule has 1 atom stereocenters. The number of esters is 1. The highest BCUT2D eigenvalue weighted by Gasteiger charge is 2.53. The van der Waals surface area contributed by atoms with Crippen LogP contribution in [-0.4, -0.2) is 29.9 Å². The first-order valence-corrected chi connectivity index (χ1v) is 9.46. The molecule has 1 unspecified atom stereocenters. The molecule has 1 aromatic carbocycles. The molecule has 138 valence electrons. The average Bonchev–Trinajstić information content (AvgIpc) is 3.35. The van der Waals surface area contributed by atoms with Gasteiger partial charge in [0.25, 0.3) is 0 Å². The second-order valence-electron chi connectivity index (χ2n) is 7.54. The Morgan fingerprint density at radius 3 is 2.54 bits per heavy atom. The zero-order valence-electron chi connectivity index (χ0n) is 14.8. The summed E-state index contributed by atoms with van der Waals surface area (Å²) >= 11 is 0. The van der Waals surface area contributed by atoms with Crippen LogP contribution in [0.15, 0.2) is 24.3 Å². The molecule has 2 saturated heterocycles. The Morgan fingerprint density at radius 1 is 1.15 bits per heavy atom. The van der Waals surface area contributed by atoms with Crippen molar-refractivity contribution in [2.75, 3.05) is 11.4 Å². The molecule has 1 saturated carbocycles. The van der Waals surface area contributed by atoms with Crippen molar-refractivity contribution < 1.29 is 19.1 Å². The molecule has 2 amide bonds. The fraction of sp³-hybridized carbons (Fsp3) is 0.550. The molecule has 0 aromatic heterocycles. The number of amides is 2. The van der Waals surface area contributed by atoms with Crippen LogP contribution >= 0.6 is 0 Å². The molecular weight excluding hydrogens is 332 g/mol. The van der Waals surface area contributed by atoms with E-state index in [1.165, 1.54) is 0 Å². The molecule has 3 aliphatic rings. The zero-order chi connectivity index (χ0) is 18.1. The maximum Gasteiger partial charge on any atom is 0.307 e. The Morgan fingerprint density at radius 2 is 1.88 bits per heavy atom. The molecule has 1 spiro atoms.